The summed E-state index contributed by atoms with van der Waals surface area (Å²) in [5, 5.41) is 11.6. The van der Waals surface area contributed by atoms with Gasteiger partial charge in [-0.15, -0.1) is 0 Å². The van der Waals surface area contributed by atoms with E-state index in [0.29, 0.717) is 24.5 Å². The molecule has 1 N–H and O–H groups in total. The monoisotopic (exact) mass is 538 g/mol. The number of ether oxygens (including phenoxy) is 5. The molecule has 8 nitrogen and oxygen atoms in total. The molecule has 2 fully saturated rings. The highest BCUT2D eigenvalue weighted by atomic mass is 16.7. The van der Waals surface area contributed by atoms with E-state index in [4.69, 9.17) is 28.1 Å². The van der Waals surface area contributed by atoms with Crippen molar-refractivity contribution in [3.63, 3.8) is 0 Å². The third kappa shape index (κ3) is 5.61. The lowest BCUT2D eigenvalue weighted by molar-refractivity contribution is -0.147. The summed E-state index contributed by atoms with van der Waals surface area (Å²) in [5.74, 6) is 1.69. The summed E-state index contributed by atoms with van der Waals surface area (Å²) >= 11 is 0. The van der Waals surface area contributed by atoms with E-state index >= 15 is 0 Å². The van der Waals surface area contributed by atoms with Gasteiger partial charge in [-0.3, -0.25) is 0 Å². The fourth-order valence-corrected chi connectivity index (χ4v) is 5.34. The number of fused-ring (bicyclic) bond motifs is 1. The number of benzene rings is 1. The van der Waals surface area contributed by atoms with E-state index in [1.165, 1.54) is 13.2 Å². The van der Waals surface area contributed by atoms with Crippen molar-refractivity contribution in [2.24, 2.45) is 5.41 Å². The zero-order valence-corrected chi connectivity index (χ0v) is 23.4. The van der Waals surface area contributed by atoms with Crippen LogP contribution in [0.15, 0.2) is 69.9 Å². The molecule has 2 aromatic rings. The molecule has 6 atom stereocenters. The first kappa shape index (κ1) is 28.8. The normalized spacial score (nSPS) is 30.5. The van der Waals surface area contributed by atoms with Gasteiger partial charge in [-0.2, -0.15) is 0 Å². The van der Waals surface area contributed by atoms with Crippen LogP contribution in [0.3, 0.4) is 0 Å². The van der Waals surface area contributed by atoms with Gasteiger partial charge in [-0.1, -0.05) is 49.4 Å². The van der Waals surface area contributed by atoms with Gasteiger partial charge in [0.2, 0.25) is 0 Å². The molecule has 39 heavy (non-hydrogen) atoms. The van der Waals surface area contributed by atoms with E-state index in [9.17, 15) is 9.90 Å². The highest BCUT2D eigenvalue weighted by molar-refractivity contribution is 5.52. The highest BCUT2D eigenvalue weighted by Gasteiger charge is 2.70. The molecule has 0 spiro atoms. The first-order valence-corrected chi connectivity index (χ1v) is 13.1. The van der Waals surface area contributed by atoms with Crippen molar-refractivity contribution in [2.45, 2.75) is 70.9 Å². The van der Waals surface area contributed by atoms with Crippen LogP contribution in [0.2, 0.25) is 0 Å². The Hall–Kier alpha value is -3.17. The molecule has 0 bridgehead atoms. The van der Waals surface area contributed by atoms with Crippen molar-refractivity contribution in [3.05, 3.63) is 88.0 Å². The Morgan fingerprint density at radius 2 is 1.74 bits per heavy atom. The summed E-state index contributed by atoms with van der Waals surface area (Å²) in [4.78, 5) is 11.7. The minimum atomic E-state index is -1.14. The first-order valence-electron chi connectivity index (χ1n) is 13.1. The van der Waals surface area contributed by atoms with Crippen molar-refractivity contribution in [3.8, 4) is 11.5 Å². The summed E-state index contributed by atoms with van der Waals surface area (Å²) in [6, 6.07) is 9.02. The van der Waals surface area contributed by atoms with Crippen LogP contribution < -0.4 is 15.1 Å². The number of hydrogen-bond donors (Lipinski definition) is 1. The average molecular weight is 539 g/mol. The van der Waals surface area contributed by atoms with E-state index in [1.54, 1.807) is 19.3 Å². The van der Waals surface area contributed by atoms with E-state index < -0.39 is 35.1 Å². The summed E-state index contributed by atoms with van der Waals surface area (Å²) in [6.07, 6.45) is 9.74. The molecular formula is C31H38O8. The van der Waals surface area contributed by atoms with Gasteiger partial charge in [0.1, 0.15) is 35.1 Å². The maximum atomic E-state index is 11.7. The summed E-state index contributed by atoms with van der Waals surface area (Å²) < 4.78 is 34.6. The van der Waals surface area contributed by atoms with Crippen LogP contribution in [-0.2, 0) is 20.8 Å². The minimum Gasteiger partial charge on any atom is -0.497 e. The molecule has 2 saturated heterocycles. The van der Waals surface area contributed by atoms with Crippen LogP contribution in [0.5, 0.6) is 11.5 Å². The second-order valence-electron chi connectivity index (χ2n) is 10.2. The van der Waals surface area contributed by atoms with Crippen LogP contribution in [-0.4, -0.2) is 49.5 Å². The zero-order chi connectivity index (χ0) is 28.2. The first-order chi connectivity index (χ1) is 18.6. The number of methoxy groups -OCH3 is 2. The van der Waals surface area contributed by atoms with Crippen molar-refractivity contribution in [1.82, 2.24) is 0 Å². The standard InChI is InChI=1S/C31H38O8/c1-7-26-31(4,33)30(3)28(36-19-21-14-16-22(34-5)17-15-21)24(38-29(30)39-26)13-11-9-8-10-12-23-20(2)25(35-6)18-27(32)37-23/h8-18,24,26,28-29,33H,7,19H2,1-6H3/b9-8+,12-10+,13-11+/t24-,26-,28+,29+,30+,31+/m1/s1. The van der Waals surface area contributed by atoms with Crippen LogP contribution in [0, 0.1) is 12.3 Å². The van der Waals surface area contributed by atoms with Gasteiger partial charge in [0.15, 0.2) is 6.29 Å². The second-order valence-corrected chi connectivity index (χ2v) is 10.2. The second kappa shape index (κ2) is 11.9. The molecule has 1 aromatic heterocycles. The Morgan fingerprint density at radius 1 is 1.03 bits per heavy atom. The lowest BCUT2D eigenvalue weighted by atomic mass is 9.69. The van der Waals surface area contributed by atoms with Crippen LogP contribution >= 0.6 is 0 Å². The molecular weight excluding hydrogens is 500 g/mol. The maximum absolute atomic E-state index is 11.7. The average Bonchev–Trinajstić information content (AvgIpc) is 3.31. The molecule has 0 amide bonds. The maximum Gasteiger partial charge on any atom is 0.339 e. The van der Waals surface area contributed by atoms with Gasteiger partial charge in [0.05, 0.1) is 38.4 Å². The highest BCUT2D eigenvalue weighted by Crippen LogP contribution is 2.56. The molecule has 8 heteroatoms. The van der Waals surface area contributed by atoms with Gasteiger partial charge >= 0.3 is 5.63 Å². The molecule has 2 aliphatic heterocycles. The Morgan fingerprint density at radius 3 is 2.41 bits per heavy atom. The Kier molecular flexibility index (Phi) is 8.81. The van der Waals surface area contributed by atoms with Gasteiger partial charge in [-0.25, -0.2) is 4.79 Å². The third-order valence-corrected chi connectivity index (χ3v) is 7.92. The smallest absolute Gasteiger partial charge is 0.339 e. The molecule has 0 unspecified atom stereocenters. The molecule has 4 rings (SSSR count). The fraction of sp³-hybridized carbons (Fsp3) is 0.452. The number of hydrogen-bond acceptors (Lipinski definition) is 8. The van der Waals surface area contributed by atoms with Gasteiger partial charge < -0.3 is 33.2 Å². The van der Waals surface area contributed by atoms with Crippen LogP contribution in [0.25, 0.3) is 6.08 Å². The lowest BCUT2D eigenvalue weighted by Gasteiger charge is -2.40. The predicted octanol–water partition coefficient (Wildman–Crippen LogP) is 4.97. The van der Waals surface area contributed by atoms with Gasteiger partial charge in [0, 0.05) is 5.56 Å². The van der Waals surface area contributed by atoms with E-state index in [2.05, 4.69) is 0 Å². The third-order valence-electron chi connectivity index (χ3n) is 7.92. The Labute approximate surface area is 229 Å². The van der Waals surface area contributed by atoms with Gasteiger partial charge in [0.25, 0.3) is 0 Å². The SMILES string of the molecule is CC[C@H]1O[C@@H]2O[C@H](/C=C/C=C/C=C/c3oc(=O)cc(OC)c3C)[C@H](OCc3ccc(OC)cc3)[C@]2(C)[C@@]1(C)O. The zero-order valence-electron chi connectivity index (χ0n) is 23.4. The molecule has 0 saturated carbocycles. The molecule has 0 aliphatic carbocycles. The van der Waals surface area contributed by atoms with E-state index in [-0.39, 0.29) is 6.10 Å². The molecule has 2 aliphatic rings. The van der Waals surface area contributed by atoms with Crippen molar-refractivity contribution in [1.29, 1.82) is 0 Å². The largest absolute Gasteiger partial charge is 0.497 e. The molecule has 1 aromatic carbocycles. The van der Waals surface area contributed by atoms with Crippen LogP contribution in [0.1, 0.15) is 44.1 Å². The van der Waals surface area contributed by atoms with E-state index in [1.807, 2.05) is 76.3 Å². The number of rotatable bonds is 10. The molecule has 210 valence electrons. The van der Waals surface area contributed by atoms with Crippen LogP contribution in [0.4, 0.5) is 0 Å². The van der Waals surface area contributed by atoms with Crippen molar-refractivity contribution >= 4 is 6.08 Å². The Balaban J connectivity index is 1.50. The van der Waals surface area contributed by atoms with Crippen molar-refractivity contribution < 1.29 is 33.2 Å². The quantitative estimate of drug-likeness (QED) is 0.424. The van der Waals surface area contributed by atoms with Gasteiger partial charge in [-0.05, 0) is 51.0 Å². The Bertz CT molecular complexity index is 1270. The van der Waals surface area contributed by atoms with E-state index in [0.717, 1.165) is 16.9 Å². The molecule has 0 radical (unpaired) electrons. The topological polar surface area (TPSA) is 96.6 Å². The summed E-state index contributed by atoms with van der Waals surface area (Å²) in [5.41, 5.74) is -0.662. The minimum absolute atomic E-state index is 0.348. The van der Waals surface area contributed by atoms with Crippen molar-refractivity contribution in [2.75, 3.05) is 14.2 Å². The summed E-state index contributed by atoms with van der Waals surface area (Å²) in [6.45, 7) is 7.95. The lowest BCUT2D eigenvalue weighted by Crippen LogP contribution is -2.55. The fourth-order valence-electron chi connectivity index (χ4n) is 5.34. The number of aliphatic hydroxyl groups is 1. The number of allylic oxidation sites excluding steroid dienone is 4. The molecule has 3 heterocycles. The summed E-state index contributed by atoms with van der Waals surface area (Å²) in [7, 11) is 3.15. The predicted molar refractivity (Wildman–Crippen MR) is 148 cm³/mol.